The number of aryl methyl sites for hydroxylation is 2. The summed E-state index contributed by atoms with van der Waals surface area (Å²) in [6.45, 7) is 3.43. The van der Waals surface area contributed by atoms with Gasteiger partial charge in [0.25, 0.3) is 0 Å². The van der Waals surface area contributed by atoms with Crippen LogP contribution in [0.4, 0.5) is 10.9 Å². The number of thiazole rings is 1. The molecular weight excluding hydrogens is 386 g/mol. The number of carbonyl (C=O) groups excluding carboxylic acids is 1. The first-order valence-corrected chi connectivity index (χ1v) is 10.4. The van der Waals surface area contributed by atoms with Crippen molar-refractivity contribution in [3.8, 4) is 0 Å². The zero-order valence-electron chi connectivity index (χ0n) is 16.4. The molecule has 4 rings (SSSR count). The average molecular weight is 410 g/mol. The summed E-state index contributed by atoms with van der Waals surface area (Å²) < 4.78 is 1.72. The van der Waals surface area contributed by atoms with Crippen LogP contribution in [0.2, 0.25) is 0 Å². The maximum Gasteiger partial charge on any atom is 0.246 e. The number of hydrogen-bond acceptors (Lipinski definition) is 7. The Morgan fingerprint density at radius 2 is 2.00 bits per heavy atom. The minimum atomic E-state index is 0.0306. The third-order valence-corrected chi connectivity index (χ3v) is 5.74. The summed E-state index contributed by atoms with van der Waals surface area (Å²) in [5.41, 5.74) is 1.86. The van der Waals surface area contributed by atoms with Crippen LogP contribution in [-0.2, 0) is 11.8 Å². The topological polar surface area (TPSA) is 88.8 Å². The van der Waals surface area contributed by atoms with Crippen molar-refractivity contribution in [3.63, 3.8) is 0 Å². The van der Waals surface area contributed by atoms with Crippen LogP contribution < -0.4 is 5.32 Å². The largest absolute Gasteiger partial charge is 0.339 e. The van der Waals surface area contributed by atoms with E-state index in [9.17, 15) is 4.79 Å². The van der Waals surface area contributed by atoms with Crippen molar-refractivity contribution < 1.29 is 4.79 Å². The molecule has 150 valence electrons. The Labute approximate surface area is 173 Å². The summed E-state index contributed by atoms with van der Waals surface area (Å²) in [5, 5.41) is 8.22. The summed E-state index contributed by atoms with van der Waals surface area (Å²) in [5.74, 6) is 1.05. The van der Waals surface area contributed by atoms with Crippen LogP contribution in [0.1, 0.15) is 34.9 Å². The van der Waals surface area contributed by atoms with Crippen LogP contribution in [0.5, 0.6) is 0 Å². The molecule has 1 amide bonds. The number of amides is 1. The van der Waals surface area contributed by atoms with Crippen molar-refractivity contribution in [2.24, 2.45) is 7.05 Å². The molecule has 3 aromatic rings. The smallest absolute Gasteiger partial charge is 0.246 e. The Morgan fingerprint density at radius 1 is 1.21 bits per heavy atom. The molecule has 0 spiro atoms. The van der Waals surface area contributed by atoms with Crippen molar-refractivity contribution in [1.29, 1.82) is 0 Å². The Hall–Kier alpha value is -3.07. The van der Waals surface area contributed by atoms with Crippen LogP contribution in [0.25, 0.3) is 6.08 Å². The van der Waals surface area contributed by atoms with Crippen LogP contribution in [0, 0.1) is 6.92 Å². The van der Waals surface area contributed by atoms with E-state index in [4.69, 9.17) is 0 Å². The van der Waals surface area contributed by atoms with Gasteiger partial charge >= 0.3 is 0 Å². The molecule has 1 aliphatic heterocycles. The van der Waals surface area contributed by atoms with Crippen LogP contribution in [0.15, 0.2) is 37.1 Å². The molecule has 3 aromatic heterocycles. The lowest BCUT2D eigenvalue weighted by Crippen LogP contribution is -2.37. The molecule has 9 heteroatoms. The fourth-order valence-electron chi connectivity index (χ4n) is 3.43. The Kier molecular flexibility index (Phi) is 5.66. The SMILES string of the molecule is Cc1cnc(Nc2nccnc2C2CCN(C(=O)C=Cc3cnn(C)c3)CC2)s1. The minimum Gasteiger partial charge on any atom is -0.339 e. The second kappa shape index (κ2) is 8.52. The number of nitrogens with one attached hydrogen (secondary N) is 1. The number of piperidine rings is 1. The third-order valence-electron chi connectivity index (χ3n) is 4.91. The molecule has 0 atom stereocenters. The molecule has 1 aliphatic rings. The predicted molar refractivity (Wildman–Crippen MR) is 113 cm³/mol. The molecule has 8 nitrogen and oxygen atoms in total. The molecule has 4 heterocycles. The first-order chi connectivity index (χ1) is 14.1. The Balaban J connectivity index is 1.38. The van der Waals surface area contributed by atoms with E-state index < -0.39 is 0 Å². The Morgan fingerprint density at radius 3 is 2.69 bits per heavy atom. The highest BCUT2D eigenvalue weighted by atomic mass is 32.1. The lowest BCUT2D eigenvalue weighted by molar-refractivity contribution is -0.126. The zero-order chi connectivity index (χ0) is 20.2. The van der Waals surface area contributed by atoms with Gasteiger partial charge in [-0.2, -0.15) is 5.10 Å². The van der Waals surface area contributed by atoms with E-state index in [1.54, 1.807) is 40.7 Å². The zero-order valence-corrected chi connectivity index (χ0v) is 17.3. The van der Waals surface area contributed by atoms with Crippen molar-refractivity contribution >= 4 is 34.3 Å². The van der Waals surface area contributed by atoms with E-state index in [0.29, 0.717) is 13.1 Å². The lowest BCUT2D eigenvalue weighted by atomic mass is 9.93. The van der Waals surface area contributed by atoms with Crippen LogP contribution >= 0.6 is 11.3 Å². The number of nitrogens with zero attached hydrogens (tertiary/aromatic N) is 6. The normalized spacial score (nSPS) is 15.2. The Bertz CT molecular complexity index is 1020. The molecule has 0 saturated carbocycles. The number of carbonyl (C=O) groups is 1. The van der Waals surface area contributed by atoms with Crippen molar-refractivity contribution in [2.75, 3.05) is 18.4 Å². The molecule has 0 aromatic carbocycles. The highest BCUT2D eigenvalue weighted by Gasteiger charge is 2.26. The molecule has 0 bridgehead atoms. The number of hydrogen-bond donors (Lipinski definition) is 1. The first kappa shape index (κ1) is 19.3. The van der Waals surface area contributed by atoms with Gasteiger partial charge in [-0.15, -0.1) is 11.3 Å². The van der Waals surface area contributed by atoms with Gasteiger partial charge in [-0.3, -0.25) is 14.5 Å². The van der Waals surface area contributed by atoms with Gasteiger partial charge in [-0.25, -0.2) is 9.97 Å². The van der Waals surface area contributed by atoms with E-state index in [-0.39, 0.29) is 11.8 Å². The van der Waals surface area contributed by atoms with Crippen molar-refractivity contribution in [1.82, 2.24) is 29.6 Å². The maximum atomic E-state index is 12.5. The van der Waals surface area contributed by atoms with Gasteiger partial charge in [0.1, 0.15) is 0 Å². The van der Waals surface area contributed by atoms with Gasteiger partial charge in [-0.1, -0.05) is 0 Å². The fourth-order valence-corrected chi connectivity index (χ4v) is 4.09. The summed E-state index contributed by atoms with van der Waals surface area (Å²) >= 11 is 1.59. The second-order valence-corrected chi connectivity index (χ2v) is 8.31. The van der Waals surface area contributed by atoms with Gasteiger partial charge in [0.2, 0.25) is 5.91 Å². The fraction of sp³-hybridized carbons (Fsp3) is 0.350. The van der Waals surface area contributed by atoms with Gasteiger partial charge < -0.3 is 10.2 Å². The summed E-state index contributed by atoms with van der Waals surface area (Å²) in [7, 11) is 1.86. The summed E-state index contributed by atoms with van der Waals surface area (Å²) in [6, 6.07) is 0. The molecule has 0 aliphatic carbocycles. The van der Waals surface area contributed by atoms with E-state index >= 15 is 0 Å². The van der Waals surface area contributed by atoms with E-state index in [2.05, 4.69) is 25.4 Å². The van der Waals surface area contributed by atoms with Crippen molar-refractivity contribution in [2.45, 2.75) is 25.7 Å². The number of aromatic nitrogens is 5. The van der Waals surface area contributed by atoms with E-state index in [0.717, 1.165) is 39.9 Å². The van der Waals surface area contributed by atoms with Crippen molar-refractivity contribution in [3.05, 3.63) is 53.2 Å². The molecule has 1 fully saturated rings. The molecule has 1 saturated heterocycles. The van der Waals surface area contributed by atoms with Gasteiger partial charge in [0.15, 0.2) is 10.9 Å². The highest BCUT2D eigenvalue weighted by Crippen LogP contribution is 2.32. The summed E-state index contributed by atoms with van der Waals surface area (Å²) in [6.07, 6.45) is 14.0. The number of likely N-dealkylation sites (tertiary alicyclic amines) is 1. The van der Waals surface area contributed by atoms with Crippen LogP contribution in [-0.4, -0.2) is 48.6 Å². The average Bonchev–Trinajstić information content (AvgIpc) is 3.34. The maximum absolute atomic E-state index is 12.5. The number of rotatable bonds is 5. The van der Waals surface area contributed by atoms with Gasteiger partial charge in [0.05, 0.1) is 11.9 Å². The third kappa shape index (κ3) is 4.68. The first-order valence-electron chi connectivity index (χ1n) is 9.54. The molecule has 0 unspecified atom stereocenters. The summed E-state index contributed by atoms with van der Waals surface area (Å²) in [4.78, 5) is 28.9. The van der Waals surface area contributed by atoms with Crippen LogP contribution in [0.3, 0.4) is 0 Å². The van der Waals surface area contributed by atoms with Gasteiger partial charge in [-0.05, 0) is 25.8 Å². The molecule has 1 N–H and O–H groups in total. The number of anilines is 2. The van der Waals surface area contributed by atoms with E-state index in [1.807, 2.05) is 37.3 Å². The quantitative estimate of drug-likeness (QED) is 0.651. The monoisotopic (exact) mass is 409 g/mol. The minimum absolute atomic E-state index is 0.0306. The molecular formula is C20H23N7OS. The molecule has 29 heavy (non-hydrogen) atoms. The predicted octanol–water partition coefficient (Wildman–Crippen LogP) is 3.14. The highest BCUT2D eigenvalue weighted by molar-refractivity contribution is 7.15. The lowest BCUT2D eigenvalue weighted by Gasteiger charge is -2.31. The standard InChI is InChI=1S/C20H23N7OS/c1-14-11-23-20(29-14)25-19-18(21-7-8-22-19)16-5-9-27(10-6-16)17(28)4-3-15-12-24-26(2)13-15/h3-4,7-8,11-13,16H,5-6,9-10H2,1-2H3,(H,22,23,25). The molecule has 0 radical (unpaired) electrons. The second-order valence-electron chi connectivity index (χ2n) is 7.07. The van der Waals surface area contributed by atoms with E-state index in [1.165, 1.54) is 0 Å². The van der Waals surface area contributed by atoms with Gasteiger partial charge in [0, 0.05) is 67.4 Å².